The van der Waals surface area contributed by atoms with E-state index in [0.29, 0.717) is 14.5 Å². The number of hydrogen-bond acceptors (Lipinski definition) is 0. The molecule has 2 atom stereocenters. The molecule has 0 unspecified atom stereocenters. The zero-order valence-electron chi connectivity index (χ0n) is 29.9. The molecule has 260 valence electrons. The molecule has 6 aliphatic carbocycles. The van der Waals surface area contributed by atoms with E-state index in [1.54, 1.807) is 44.5 Å². The van der Waals surface area contributed by atoms with Crippen LogP contribution in [0.4, 0.5) is 0 Å². The molecule has 0 amide bonds. The summed E-state index contributed by atoms with van der Waals surface area (Å²) in [7, 11) is 0. The van der Waals surface area contributed by atoms with Crippen LogP contribution in [-0.2, 0) is 40.5 Å². The molecule has 2 saturated heterocycles. The molecule has 0 bridgehead atoms. The quantitative estimate of drug-likeness (QED) is 0.179. The van der Waals surface area contributed by atoms with Gasteiger partial charge in [-0.3, -0.25) is 0 Å². The van der Waals surface area contributed by atoms with Gasteiger partial charge in [0.15, 0.2) is 0 Å². The van der Waals surface area contributed by atoms with Crippen LogP contribution in [0.2, 0.25) is 19.6 Å². The zero-order valence-corrected chi connectivity index (χ0v) is 36.3. The second-order valence-electron chi connectivity index (χ2n) is 17.1. The summed E-state index contributed by atoms with van der Waals surface area (Å²) in [6.07, 6.45) is 20.6. The maximum absolute atomic E-state index is 6.93. The Morgan fingerprint density at radius 3 is 1.17 bits per heavy atom. The van der Waals surface area contributed by atoms with E-state index in [0.717, 1.165) is 4.13 Å². The fourth-order valence-corrected chi connectivity index (χ4v) is 50.4. The van der Waals surface area contributed by atoms with Gasteiger partial charge >= 0.3 is 332 Å². The average molecular weight is 876 g/mol. The summed E-state index contributed by atoms with van der Waals surface area (Å²) in [4.78, 5) is 0. The third-order valence-electron chi connectivity index (χ3n) is 14.7. The van der Waals surface area contributed by atoms with Gasteiger partial charge in [0.05, 0.1) is 0 Å². The predicted octanol–water partition coefficient (Wildman–Crippen LogP) is 14.7. The first-order valence-corrected chi connectivity index (χ1v) is 32.9. The van der Waals surface area contributed by atoms with Crippen LogP contribution in [0, 0.1) is 0 Å². The Morgan fingerprint density at radius 2 is 0.827 bits per heavy atom. The van der Waals surface area contributed by atoms with E-state index < -0.39 is 40.5 Å². The van der Waals surface area contributed by atoms with Crippen LogP contribution in [0.15, 0.2) is 144 Å². The van der Waals surface area contributed by atoms with Crippen LogP contribution in [0.5, 0.6) is 0 Å². The minimum absolute atomic E-state index is 0.349. The molecule has 52 heavy (non-hydrogen) atoms. The molecule has 0 radical (unpaired) electrons. The second-order valence-corrected chi connectivity index (χ2v) is 42.6. The van der Waals surface area contributed by atoms with E-state index in [-0.39, 0.29) is 2.04 Å². The maximum atomic E-state index is 6.93. The van der Waals surface area contributed by atoms with E-state index in [1.807, 2.05) is 0 Å². The van der Waals surface area contributed by atoms with Crippen molar-refractivity contribution in [3.8, 4) is 22.3 Å². The molecule has 4 aromatic rings. The van der Waals surface area contributed by atoms with Gasteiger partial charge in [0.25, 0.3) is 0 Å². The molecule has 12 rings (SSSR count). The van der Waals surface area contributed by atoms with Crippen molar-refractivity contribution in [2.45, 2.75) is 80.3 Å². The molecule has 0 N–H and O–H groups in total. The Kier molecular flexibility index (Phi) is 8.12. The number of alkyl halides is 2. The monoisotopic (exact) mass is 872 g/mol. The molecule has 2 heterocycles. The SMILES string of the molecule is Cl[C]1(Cl)[CH2][Zr]1([C@H]1C=CC2=C1CCCC2)[C@H]1C=CC2=C1CCCC2.c1ccc2c(c1)-c1ccccc1[CH]2[Zr]1([CH]2c3ccccc3-c3ccccc32)[CH2][CH2]1. The third kappa shape index (κ3) is 4.89. The van der Waals surface area contributed by atoms with Crippen molar-refractivity contribution in [2.75, 3.05) is 0 Å². The summed E-state index contributed by atoms with van der Waals surface area (Å²) in [6, 6.07) is 37.1. The van der Waals surface area contributed by atoms with Gasteiger partial charge in [-0.05, 0) is 0 Å². The Morgan fingerprint density at radius 1 is 0.481 bits per heavy atom. The molecular weight excluding hydrogens is 830 g/mol. The van der Waals surface area contributed by atoms with E-state index in [4.69, 9.17) is 23.2 Å². The van der Waals surface area contributed by atoms with Crippen molar-refractivity contribution in [1.29, 1.82) is 0 Å². The van der Waals surface area contributed by atoms with E-state index >= 15 is 0 Å². The average Bonchev–Trinajstić information content (AvgIpc) is 3.72. The van der Waals surface area contributed by atoms with Crippen LogP contribution in [0.1, 0.15) is 80.9 Å². The third-order valence-corrected chi connectivity index (χ3v) is 46.6. The van der Waals surface area contributed by atoms with Crippen molar-refractivity contribution < 1.29 is 40.5 Å². The van der Waals surface area contributed by atoms with Gasteiger partial charge in [0.2, 0.25) is 0 Å². The van der Waals surface area contributed by atoms with Crippen molar-refractivity contribution >= 4 is 23.2 Å². The minimum atomic E-state index is -2.72. The van der Waals surface area contributed by atoms with Crippen LogP contribution in [-0.4, -0.2) is 2.04 Å². The van der Waals surface area contributed by atoms with Gasteiger partial charge < -0.3 is 0 Å². The first-order chi connectivity index (χ1) is 25.5. The fraction of sp³-hybridized carbons (Fsp3) is 0.333. The molecular formula is C48H46Cl2Zr2. The van der Waals surface area contributed by atoms with Gasteiger partial charge in [-0.2, -0.15) is 0 Å². The topological polar surface area (TPSA) is 0 Å². The summed E-state index contributed by atoms with van der Waals surface area (Å²) in [5.41, 5.74) is 19.3. The van der Waals surface area contributed by atoms with Crippen molar-refractivity contribution in [2.24, 2.45) is 0 Å². The molecule has 2 fully saturated rings. The molecule has 0 spiro atoms. The first-order valence-electron chi connectivity index (χ1n) is 20.1. The zero-order chi connectivity index (χ0) is 34.7. The van der Waals surface area contributed by atoms with E-state index in [9.17, 15) is 0 Å². The standard InChI is InChI=1S/2C13H9.2C9H11.C2H2Cl2.C2H4.2Zr/c2*1-3-7-12-10(5-1)9-11-6-2-4-8-13(11)12;2*1-2-5-9-7-3-6-8(9)4-1;1-2(3)4;1-2;;/h2*1-9H;2*3,6-7H,1-2,4-5H2;1H2;1-2H2;;. The Balaban J connectivity index is 0.000000127. The summed E-state index contributed by atoms with van der Waals surface area (Å²) in [5.74, 6) is 0. The van der Waals surface area contributed by atoms with E-state index in [1.165, 1.54) is 81.9 Å². The van der Waals surface area contributed by atoms with Crippen molar-refractivity contribution in [3.63, 3.8) is 0 Å². The van der Waals surface area contributed by atoms with Gasteiger partial charge in [0, 0.05) is 0 Å². The summed E-state index contributed by atoms with van der Waals surface area (Å²) in [5, 5.41) is 0. The molecule has 4 heteroatoms. The van der Waals surface area contributed by atoms with Gasteiger partial charge in [-0.1, -0.05) is 0 Å². The van der Waals surface area contributed by atoms with Gasteiger partial charge in [-0.15, -0.1) is 0 Å². The number of rotatable bonds is 4. The van der Waals surface area contributed by atoms with Gasteiger partial charge in [-0.25, -0.2) is 0 Å². The number of halogens is 2. The fourth-order valence-electron chi connectivity index (χ4n) is 12.2. The summed E-state index contributed by atoms with van der Waals surface area (Å²) in [6.45, 7) is 0. The number of hydrogen-bond donors (Lipinski definition) is 0. The van der Waals surface area contributed by atoms with Crippen LogP contribution < -0.4 is 0 Å². The van der Waals surface area contributed by atoms with Crippen LogP contribution >= 0.6 is 23.2 Å². The summed E-state index contributed by atoms with van der Waals surface area (Å²) >= 11 is 8.60. The van der Waals surface area contributed by atoms with Gasteiger partial charge in [0.1, 0.15) is 0 Å². The Labute approximate surface area is 328 Å². The molecule has 0 saturated carbocycles. The molecule has 4 aromatic carbocycles. The number of allylic oxidation sites excluding steroid dienone is 8. The predicted molar refractivity (Wildman–Crippen MR) is 213 cm³/mol. The Hall–Kier alpha value is -1.81. The summed E-state index contributed by atoms with van der Waals surface area (Å²) < 4.78 is 6.57. The normalized spacial score (nSPS) is 26.2. The second kappa shape index (κ2) is 12.6. The van der Waals surface area contributed by atoms with Crippen molar-refractivity contribution in [3.05, 3.63) is 166 Å². The first kappa shape index (κ1) is 33.5. The van der Waals surface area contributed by atoms with E-state index in [2.05, 4.69) is 121 Å². The van der Waals surface area contributed by atoms with Crippen LogP contribution in [0.25, 0.3) is 22.3 Å². The molecule has 0 aromatic heterocycles. The number of benzene rings is 4. The van der Waals surface area contributed by atoms with Crippen LogP contribution in [0.3, 0.4) is 0 Å². The Bertz CT molecular complexity index is 2030. The molecule has 0 nitrogen and oxygen atoms in total. The molecule has 2 aliphatic heterocycles. The molecule has 8 aliphatic rings. The number of fused-ring (bicyclic) bond motifs is 6. The van der Waals surface area contributed by atoms with Crippen molar-refractivity contribution in [1.82, 2.24) is 0 Å².